The minimum Gasteiger partial charge on any atom is -0.368 e. The van der Waals surface area contributed by atoms with E-state index in [4.69, 9.17) is 0 Å². The van der Waals surface area contributed by atoms with E-state index in [-0.39, 0.29) is 30.6 Å². The van der Waals surface area contributed by atoms with E-state index in [1.54, 1.807) is 4.90 Å². The highest BCUT2D eigenvalue weighted by Crippen LogP contribution is 2.29. The highest BCUT2D eigenvalue weighted by Gasteiger charge is 2.41. The molecule has 0 saturated carbocycles. The highest BCUT2D eigenvalue weighted by atomic mass is 16.2. The van der Waals surface area contributed by atoms with Gasteiger partial charge in [-0.15, -0.1) is 0 Å². The third-order valence-electron chi connectivity index (χ3n) is 5.66. The van der Waals surface area contributed by atoms with Crippen LogP contribution in [0, 0.1) is 6.92 Å². The lowest BCUT2D eigenvalue weighted by molar-refractivity contribution is -0.151. The van der Waals surface area contributed by atoms with E-state index in [0.29, 0.717) is 18.7 Å². The van der Waals surface area contributed by atoms with Crippen molar-refractivity contribution in [2.45, 2.75) is 25.8 Å². The maximum atomic E-state index is 13.4. The van der Waals surface area contributed by atoms with Gasteiger partial charge in [0.25, 0.3) is 5.91 Å². The number of nitrogens with zero attached hydrogens (tertiary/aromatic N) is 3. The fraction of sp³-hybridized carbons (Fsp3) is 0.348. The first-order valence-corrected chi connectivity index (χ1v) is 10.0. The molecule has 2 saturated heterocycles. The minimum atomic E-state index is -0.871. The number of anilines is 1. The second kappa shape index (κ2) is 8.07. The number of benzene rings is 2. The van der Waals surface area contributed by atoms with Gasteiger partial charge in [0.1, 0.15) is 6.04 Å². The third-order valence-corrected chi connectivity index (χ3v) is 5.66. The smallest absolute Gasteiger partial charge is 0.250 e. The number of hydrogen-bond donors (Lipinski definition) is 0. The molecule has 0 radical (unpaired) electrons. The van der Waals surface area contributed by atoms with Crippen LogP contribution in [0.15, 0.2) is 54.6 Å². The van der Waals surface area contributed by atoms with Crippen LogP contribution in [0.5, 0.6) is 0 Å². The van der Waals surface area contributed by atoms with Crippen LogP contribution in [-0.2, 0) is 14.4 Å². The van der Waals surface area contributed by atoms with E-state index >= 15 is 0 Å². The number of aryl methyl sites for hydroxylation is 1. The Morgan fingerprint density at radius 1 is 0.862 bits per heavy atom. The van der Waals surface area contributed by atoms with Crippen molar-refractivity contribution in [3.8, 4) is 0 Å². The van der Waals surface area contributed by atoms with Crippen molar-refractivity contribution in [2.24, 2.45) is 0 Å². The molecule has 2 fully saturated rings. The molecule has 0 spiro atoms. The number of imide groups is 1. The van der Waals surface area contributed by atoms with E-state index < -0.39 is 6.04 Å². The van der Waals surface area contributed by atoms with Crippen LogP contribution in [0.2, 0.25) is 0 Å². The summed E-state index contributed by atoms with van der Waals surface area (Å²) in [6.07, 6.45) is 0.354. The average Bonchev–Trinajstić information content (AvgIpc) is 3.07. The number of rotatable bonds is 4. The van der Waals surface area contributed by atoms with Crippen molar-refractivity contribution in [1.29, 1.82) is 0 Å². The molecule has 1 atom stereocenters. The lowest BCUT2D eigenvalue weighted by atomic mass is 10.0. The van der Waals surface area contributed by atoms with Crippen LogP contribution >= 0.6 is 0 Å². The maximum Gasteiger partial charge on any atom is 0.250 e. The fourth-order valence-electron chi connectivity index (χ4n) is 4.10. The van der Waals surface area contributed by atoms with Crippen LogP contribution in [-0.4, -0.2) is 53.7 Å². The number of piperazine rings is 1. The first-order valence-electron chi connectivity index (χ1n) is 10.0. The highest BCUT2D eigenvalue weighted by molar-refractivity contribution is 6.05. The van der Waals surface area contributed by atoms with E-state index in [9.17, 15) is 14.4 Å². The lowest BCUT2D eigenvalue weighted by Gasteiger charge is -2.39. The lowest BCUT2D eigenvalue weighted by Crippen LogP contribution is -2.53. The molecule has 150 valence electrons. The van der Waals surface area contributed by atoms with Crippen LogP contribution in [0.3, 0.4) is 0 Å². The molecule has 0 aliphatic carbocycles. The summed E-state index contributed by atoms with van der Waals surface area (Å²) in [6.45, 7) is 4.63. The zero-order valence-corrected chi connectivity index (χ0v) is 16.6. The molecule has 0 aromatic heterocycles. The molecule has 2 aliphatic rings. The summed E-state index contributed by atoms with van der Waals surface area (Å²) < 4.78 is 0. The quantitative estimate of drug-likeness (QED) is 0.752. The minimum absolute atomic E-state index is 0.177. The SMILES string of the molecule is Cc1cccc(N2CCN(C(=O)C(c3ccccc3)N3C(=O)CCC3=O)CC2)c1. The van der Waals surface area contributed by atoms with Crippen molar-refractivity contribution < 1.29 is 14.4 Å². The van der Waals surface area contributed by atoms with Gasteiger partial charge < -0.3 is 9.80 Å². The van der Waals surface area contributed by atoms with Gasteiger partial charge in [0.2, 0.25) is 11.8 Å². The van der Waals surface area contributed by atoms with Crippen LogP contribution in [0.25, 0.3) is 0 Å². The predicted molar refractivity (Wildman–Crippen MR) is 110 cm³/mol. The first kappa shape index (κ1) is 19.2. The largest absolute Gasteiger partial charge is 0.368 e. The third kappa shape index (κ3) is 3.88. The van der Waals surface area contributed by atoms with E-state index in [0.717, 1.165) is 18.8 Å². The molecule has 6 nitrogen and oxygen atoms in total. The average molecular weight is 391 g/mol. The molecular weight excluding hydrogens is 366 g/mol. The molecule has 4 rings (SSSR count). The van der Waals surface area contributed by atoms with Gasteiger partial charge in [0, 0.05) is 44.7 Å². The van der Waals surface area contributed by atoms with Gasteiger partial charge in [-0.25, -0.2) is 0 Å². The van der Waals surface area contributed by atoms with Crippen molar-refractivity contribution in [1.82, 2.24) is 9.80 Å². The molecule has 0 bridgehead atoms. The van der Waals surface area contributed by atoms with Gasteiger partial charge >= 0.3 is 0 Å². The monoisotopic (exact) mass is 391 g/mol. The van der Waals surface area contributed by atoms with Gasteiger partial charge in [-0.2, -0.15) is 0 Å². The Morgan fingerprint density at radius 3 is 2.14 bits per heavy atom. The van der Waals surface area contributed by atoms with Gasteiger partial charge in [-0.05, 0) is 30.2 Å². The zero-order valence-electron chi connectivity index (χ0n) is 16.6. The second-order valence-corrected chi connectivity index (χ2v) is 7.62. The molecular formula is C23H25N3O3. The number of likely N-dealkylation sites (tertiary alicyclic amines) is 1. The Labute approximate surface area is 170 Å². The molecule has 29 heavy (non-hydrogen) atoms. The Morgan fingerprint density at radius 2 is 1.52 bits per heavy atom. The summed E-state index contributed by atoms with van der Waals surface area (Å²) in [5.74, 6) is -0.713. The van der Waals surface area contributed by atoms with Crippen molar-refractivity contribution >= 4 is 23.4 Å². The second-order valence-electron chi connectivity index (χ2n) is 7.62. The number of carbonyl (C=O) groups is 3. The Balaban J connectivity index is 1.53. The molecule has 0 N–H and O–H groups in total. The maximum absolute atomic E-state index is 13.4. The van der Waals surface area contributed by atoms with E-state index in [2.05, 4.69) is 30.0 Å². The summed E-state index contributed by atoms with van der Waals surface area (Å²) in [5.41, 5.74) is 3.04. The summed E-state index contributed by atoms with van der Waals surface area (Å²) in [7, 11) is 0. The first-order chi connectivity index (χ1) is 14.0. The topological polar surface area (TPSA) is 60.9 Å². The van der Waals surface area contributed by atoms with Gasteiger partial charge in [-0.3, -0.25) is 19.3 Å². The van der Waals surface area contributed by atoms with Gasteiger partial charge in [-0.1, -0.05) is 42.5 Å². The van der Waals surface area contributed by atoms with Crippen LogP contribution < -0.4 is 4.90 Å². The summed E-state index contributed by atoms with van der Waals surface area (Å²) in [6, 6.07) is 16.6. The van der Waals surface area contributed by atoms with Gasteiger partial charge in [0.05, 0.1) is 0 Å². The predicted octanol–water partition coefficient (Wildman–Crippen LogP) is 2.53. The summed E-state index contributed by atoms with van der Waals surface area (Å²) in [4.78, 5) is 43.4. The Kier molecular flexibility index (Phi) is 5.34. The molecule has 6 heteroatoms. The number of hydrogen-bond acceptors (Lipinski definition) is 4. The standard InChI is InChI=1S/C23H25N3O3/c1-17-6-5-9-19(16-17)24-12-14-25(15-13-24)23(29)22(18-7-3-2-4-8-18)26-20(27)10-11-21(26)28/h2-9,16,22H,10-15H2,1H3. The molecule has 1 unspecified atom stereocenters. The van der Waals surface area contributed by atoms with Gasteiger partial charge in [0.15, 0.2) is 0 Å². The van der Waals surface area contributed by atoms with Crippen molar-refractivity contribution in [2.75, 3.05) is 31.1 Å². The Bertz CT molecular complexity index is 904. The molecule has 3 amide bonds. The molecule has 2 heterocycles. The van der Waals surface area contributed by atoms with Crippen LogP contribution in [0.4, 0.5) is 5.69 Å². The number of carbonyl (C=O) groups excluding carboxylic acids is 3. The van der Waals surface area contributed by atoms with E-state index in [1.807, 2.05) is 36.4 Å². The summed E-state index contributed by atoms with van der Waals surface area (Å²) >= 11 is 0. The molecule has 2 aromatic rings. The summed E-state index contributed by atoms with van der Waals surface area (Å²) in [5, 5.41) is 0. The fourth-order valence-corrected chi connectivity index (χ4v) is 4.10. The normalized spacial score (nSPS) is 18.3. The number of amides is 3. The molecule has 2 aliphatic heterocycles. The van der Waals surface area contributed by atoms with Crippen molar-refractivity contribution in [3.63, 3.8) is 0 Å². The zero-order chi connectivity index (χ0) is 20.4. The molecule has 2 aromatic carbocycles. The van der Waals surface area contributed by atoms with E-state index in [1.165, 1.54) is 10.5 Å². The Hall–Kier alpha value is -3.15. The van der Waals surface area contributed by atoms with Crippen LogP contribution in [0.1, 0.15) is 30.0 Å². The van der Waals surface area contributed by atoms with Crippen molar-refractivity contribution in [3.05, 3.63) is 65.7 Å².